The summed E-state index contributed by atoms with van der Waals surface area (Å²) >= 11 is 0. The van der Waals surface area contributed by atoms with Crippen LogP contribution in [0.4, 0.5) is 0 Å². The SMILES string of the molecule is OC(c1ccc(OC2CC2)cc1)C1CCCCN1. The minimum atomic E-state index is -0.403. The largest absolute Gasteiger partial charge is 0.490 e. The minimum Gasteiger partial charge on any atom is -0.490 e. The lowest BCUT2D eigenvalue weighted by atomic mass is 9.95. The molecule has 0 amide bonds. The quantitative estimate of drug-likeness (QED) is 0.858. The van der Waals surface area contributed by atoms with Crippen LogP contribution in [0.15, 0.2) is 24.3 Å². The van der Waals surface area contributed by atoms with Crippen LogP contribution in [-0.2, 0) is 0 Å². The topological polar surface area (TPSA) is 41.5 Å². The summed E-state index contributed by atoms with van der Waals surface area (Å²) in [5.41, 5.74) is 0.984. The maximum atomic E-state index is 10.3. The van der Waals surface area contributed by atoms with Crippen molar-refractivity contribution < 1.29 is 9.84 Å². The van der Waals surface area contributed by atoms with Crippen LogP contribution >= 0.6 is 0 Å². The van der Waals surface area contributed by atoms with E-state index in [4.69, 9.17) is 4.74 Å². The van der Waals surface area contributed by atoms with Gasteiger partial charge < -0.3 is 15.2 Å². The molecular formula is C15H21NO2. The smallest absolute Gasteiger partial charge is 0.119 e. The molecule has 2 aliphatic rings. The summed E-state index contributed by atoms with van der Waals surface area (Å²) in [4.78, 5) is 0. The summed E-state index contributed by atoms with van der Waals surface area (Å²) in [5.74, 6) is 0.921. The van der Waals surface area contributed by atoms with Crippen molar-refractivity contribution in [1.29, 1.82) is 0 Å². The highest BCUT2D eigenvalue weighted by atomic mass is 16.5. The molecule has 0 bridgehead atoms. The summed E-state index contributed by atoms with van der Waals surface area (Å²) in [6.07, 6.45) is 5.87. The fourth-order valence-electron chi connectivity index (χ4n) is 2.50. The third-order valence-corrected chi connectivity index (χ3v) is 3.78. The highest BCUT2D eigenvalue weighted by Gasteiger charge is 2.24. The van der Waals surface area contributed by atoms with Crippen molar-refractivity contribution in [2.75, 3.05) is 6.54 Å². The van der Waals surface area contributed by atoms with Gasteiger partial charge in [0, 0.05) is 6.04 Å². The third-order valence-electron chi connectivity index (χ3n) is 3.78. The highest BCUT2D eigenvalue weighted by molar-refractivity contribution is 5.29. The molecule has 0 radical (unpaired) electrons. The normalized spacial score (nSPS) is 25.7. The van der Waals surface area contributed by atoms with Crippen LogP contribution < -0.4 is 10.1 Å². The zero-order valence-electron chi connectivity index (χ0n) is 10.6. The van der Waals surface area contributed by atoms with E-state index in [1.807, 2.05) is 24.3 Å². The summed E-state index contributed by atoms with van der Waals surface area (Å²) in [5, 5.41) is 13.7. The molecular weight excluding hydrogens is 226 g/mol. The van der Waals surface area contributed by atoms with E-state index in [1.165, 1.54) is 25.7 Å². The molecule has 1 saturated carbocycles. The van der Waals surface area contributed by atoms with Crippen molar-refractivity contribution in [2.45, 2.75) is 50.4 Å². The van der Waals surface area contributed by atoms with Gasteiger partial charge in [-0.3, -0.25) is 0 Å². The molecule has 1 aliphatic heterocycles. The van der Waals surface area contributed by atoms with Crippen molar-refractivity contribution in [3.63, 3.8) is 0 Å². The van der Waals surface area contributed by atoms with Crippen molar-refractivity contribution in [2.24, 2.45) is 0 Å². The van der Waals surface area contributed by atoms with E-state index in [2.05, 4.69) is 5.32 Å². The zero-order chi connectivity index (χ0) is 12.4. The lowest BCUT2D eigenvalue weighted by molar-refractivity contribution is 0.114. The van der Waals surface area contributed by atoms with Gasteiger partial charge in [0.2, 0.25) is 0 Å². The van der Waals surface area contributed by atoms with Gasteiger partial charge in [-0.25, -0.2) is 0 Å². The Labute approximate surface area is 108 Å². The summed E-state index contributed by atoms with van der Waals surface area (Å²) in [7, 11) is 0. The molecule has 1 heterocycles. The van der Waals surface area contributed by atoms with Gasteiger partial charge in [-0.15, -0.1) is 0 Å². The number of piperidine rings is 1. The van der Waals surface area contributed by atoms with Gasteiger partial charge >= 0.3 is 0 Å². The second-order valence-corrected chi connectivity index (χ2v) is 5.39. The number of ether oxygens (including phenoxy) is 1. The number of rotatable bonds is 4. The van der Waals surface area contributed by atoms with Crippen LogP contribution in [-0.4, -0.2) is 23.8 Å². The number of aliphatic hydroxyl groups is 1. The fourth-order valence-corrected chi connectivity index (χ4v) is 2.50. The Kier molecular flexibility index (Phi) is 3.52. The average molecular weight is 247 g/mol. The molecule has 1 aromatic rings. The molecule has 1 aliphatic carbocycles. The maximum Gasteiger partial charge on any atom is 0.119 e. The Bertz CT molecular complexity index is 380. The molecule has 0 aromatic heterocycles. The van der Waals surface area contributed by atoms with Gasteiger partial charge in [-0.1, -0.05) is 18.6 Å². The summed E-state index contributed by atoms with van der Waals surface area (Å²) in [6.45, 7) is 1.02. The molecule has 2 N–H and O–H groups in total. The lowest BCUT2D eigenvalue weighted by Crippen LogP contribution is -2.38. The summed E-state index contributed by atoms with van der Waals surface area (Å²) in [6, 6.07) is 8.12. The molecule has 98 valence electrons. The number of aliphatic hydroxyl groups excluding tert-OH is 1. The third kappa shape index (κ3) is 2.85. The molecule has 18 heavy (non-hydrogen) atoms. The molecule has 0 spiro atoms. The Morgan fingerprint density at radius 1 is 1.11 bits per heavy atom. The number of hydrogen-bond donors (Lipinski definition) is 2. The molecule has 2 fully saturated rings. The first-order valence-corrected chi connectivity index (χ1v) is 7.01. The number of benzene rings is 1. The van der Waals surface area contributed by atoms with Crippen LogP contribution in [0.5, 0.6) is 5.75 Å². The van der Waals surface area contributed by atoms with Crippen LogP contribution in [0.3, 0.4) is 0 Å². The van der Waals surface area contributed by atoms with Gasteiger partial charge in [-0.2, -0.15) is 0 Å². The van der Waals surface area contributed by atoms with E-state index < -0.39 is 6.10 Å². The molecule has 3 heteroatoms. The van der Waals surface area contributed by atoms with Crippen molar-refractivity contribution >= 4 is 0 Å². The molecule has 2 atom stereocenters. The first-order valence-electron chi connectivity index (χ1n) is 7.01. The van der Waals surface area contributed by atoms with E-state index in [1.54, 1.807) is 0 Å². The van der Waals surface area contributed by atoms with Crippen molar-refractivity contribution in [3.05, 3.63) is 29.8 Å². The molecule has 3 nitrogen and oxygen atoms in total. The predicted octanol–water partition coefficient (Wildman–Crippen LogP) is 2.40. The van der Waals surface area contributed by atoms with E-state index in [9.17, 15) is 5.11 Å². The number of hydrogen-bond acceptors (Lipinski definition) is 3. The molecule has 1 aromatic carbocycles. The minimum absolute atomic E-state index is 0.203. The second-order valence-electron chi connectivity index (χ2n) is 5.39. The van der Waals surface area contributed by atoms with Crippen LogP contribution in [0.25, 0.3) is 0 Å². The van der Waals surface area contributed by atoms with Crippen molar-refractivity contribution in [1.82, 2.24) is 5.32 Å². The van der Waals surface area contributed by atoms with Gasteiger partial charge in [0.1, 0.15) is 5.75 Å². The first-order chi connectivity index (χ1) is 8.83. The maximum absolute atomic E-state index is 10.3. The van der Waals surface area contributed by atoms with Crippen LogP contribution in [0.1, 0.15) is 43.8 Å². The zero-order valence-corrected chi connectivity index (χ0v) is 10.6. The predicted molar refractivity (Wildman–Crippen MR) is 70.7 cm³/mol. The van der Waals surface area contributed by atoms with Gasteiger partial charge in [0.05, 0.1) is 12.2 Å². The van der Waals surface area contributed by atoms with E-state index in [0.717, 1.165) is 24.3 Å². The fraction of sp³-hybridized carbons (Fsp3) is 0.600. The first kappa shape index (κ1) is 12.0. The second kappa shape index (κ2) is 5.29. The Morgan fingerprint density at radius 3 is 2.50 bits per heavy atom. The van der Waals surface area contributed by atoms with Gasteiger partial charge in [-0.05, 0) is 49.9 Å². The lowest BCUT2D eigenvalue weighted by Gasteiger charge is -2.28. The number of nitrogens with one attached hydrogen (secondary N) is 1. The monoisotopic (exact) mass is 247 g/mol. The summed E-state index contributed by atoms with van der Waals surface area (Å²) < 4.78 is 5.71. The van der Waals surface area contributed by atoms with Gasteiger partial charge in [0.25, 0.3) is 0 Å². The van der Waals surface area contributed by atoms with Crippen LogP contribution in [0.2, 0.25) is 0 Å². The molecule has 3 rings (SSSR count). The van der Waals surface area contributed by atoms with E-state index in [-0.39, 0.29) is 6.04 Å². The average Bonchev–Trinajstić information content (AvgIpc) is 3.24. The van der Waals surface area contributed by atoms with Crippen LogP contribution in [0, 0.1) is 0 Å². The van der Waals surface area contributed by atoms with Crippen molar-refractivity contribution in [3.8, 4) is 5.75 Å². The highest BCUT2D eigenvalue weighted by Crippen LogP contribution is 2.28. The Hall–Kier alpha value is -1.06. The Morgan fingerprint density at radius 2 is 1.89 bits per heavy atom. The standard InChI is InChI=1S/C15H21NO2/c17-15(14-3-1-2-10-16-14)11-4-6-12(7-5-11)18-13-8-9-13/h4-7,13-17H,1-3,8-10H2. The van der Waals surface area contributed by atoms with Gasteiger partial charge in [0.15, 0.2) is 0 Å². The molecule has 1 saturated heterocycles. The molecule has 2 unspecified atom stereocenters. The van der Waals surface area contributed by atoms with E-state index >= 15 is 0 Å². The van der Waals surface area contributed by atoms with E-state index in [0.29, 0.717) is 6.10 Å². The Balaban J connectivity index is 1.63.